The van der Waals surface area contributed by atoms with E-state index in [1.807, 2.05) is 36.4 Å². The average Bonchev–Trinajstić information content (AvgIpc) is 3.05. The summed E-state index contributed by atoms with van der Waals surface area (Å²) in [4.78, 5) is 16.9. The fraction of sp³-hybridized carbons (Fsp3) is 0.364. The Morgan fingerprint density at radius 3 is 2.57 bits per heavy atom. The minimum Gasteiger partial charge on any atom is -0.488 e. The van der Waals surface area contributed by atoms with Gasteiger partial charge in [-0.25, -0.2) is 0 Å². The van der Waals surface area contributed by atoms with Crippen LogP contribution in [0.15, 0.2) is 48.8 Å². The summed E-state index contributed by atoms with van der Waals surface area (Å²) < 4.78 is 7.12. The fourth-order valence-electron chi connectivity index (χ4n) is 2.74. The van der Waals surface area contributed by atoms with Crippen LogP contribution in [0.25, 0.3) is 10.1 Å². The number of benzene rings is 1. The van der Waals surface area contributed by atoms with Gasteiger partial charge in [0.25, 0.3) is 0 Å². The molecule has 0 spiro atoms. The van der Waals surface area contributed by atoms with Gasteiger partial charge in [0, 0.05) is 18.9 Å². The molecule has 0 aliphatic carbocycles. The molecule has 6 heteroatoms. The highest BCUT2D eigenvalue weighted by Crippen LogP contribution is 2.30. The third kappa shape index (κ3) is 4.51. The number of aromatic nitrogens is 1. The summed E-state index contributed by atoms with van der Waals surface area (Å²) >= 11 is 1.50. The van der Waals surface area contributed by atoms with Crippen molar-refractivity contribution in [3.05, 3.63) is 54.4 Å². The van der Waals surface area contributed by atoms with Crippen LogP contribution in [-0.4, -0.2) is 23.0 Å². The van der Waals surface area contributed by atoms with Crippen LogP contribution >= 0.6 is 11.3 Å². The number of nitrogens with two attached hydrogens (primary N) is 1. The third-order valence-corrected chi connectivity index (χ3v) is 6.18. The number of hydrogen-bond acceptors (Lipinski definition) is 5. The number of rotatable bonds is 7. The van der Waals surface area contributed by atoms with Gasteiger partial charge in [-0.3, -0.25) is 9.78 Å². The number of amides is 1. The SMILES string of the molecule is CC(C)C(C)(C)Oc1ccc(C(CN)C(=O)Nc2cc3ccncc3s2)cc1. The minimum absolute atomic E-state index is 0.113. The molecule has 2 aromatic heterocycles. The van der Waals surface area contributed by atoms with Gasteiger partial charge in [-0.15, -0.1) is 11.3 Å². The molecule has 1 amide bonds. The van der Waals surface area contributed by atoms with Crippen molar-refractivity contribution in [2.75, 3.05) is 11.9 Å². The van der Waals surface area contributed by atoms with Crippen LogP contribution in [0.2, 0.25) is 0 Å². The lowest BCUT2D eigenvalue weighted by Gasteiger charge is -2.30. The molecule has 3 aromatic rings. The molecule has 2 heterocycles. The molecule has 0 bridgehead atoms. The number of carbonyl (C=O) groups excluding carboxylic acids is 1. The molecule has 1 atom stereocenters. The quantitative estimate of drug-likeness (QED) is 0.601. The fourth-order valence-corrected chi connectivity index (χ4v) is 3.67. The van der Waals surface area contributed by atoms with E-state index in [2.05, 4.69) is 38.0 Å². The Morgan fingerprint density at radius 1 is 1.25 bits per heavy atom. The Balaban J connectivity index is 1.72. The van der Waals surface area contributed by atoms with Crippen LogP contribution < -0.4 is 15.8 Å². The Kier molecular flexibility index (Phi) is 6.01. The number of anilines is 1. The predicted molar refractivity (Wildman–Crippen MR) is 116 cm³/mol. The lowest BCUT2D eigenvalue weighted by atomic mass is 9.94. The van der Waals surface area contributed by atoms with E-state index in [1.165, 1.54) is 11.3 Å². The molecule has 3 N–H and O–H groups in total. The van der Waals surface area contributed by atoms with Gasteiger partial charge in [0.2, 0.25) is 5.91 Å². The molecule has 5 nitrogen and oxygen atoms in total. The molecular formula is C22H27N3O2S. The van der Waals surface area contributed by atoms with Crippen molar-refractivity contribution in [2.45, 2.75) is 39.2 Å². The average molecular weight is 398 g/mol. The zero-order valence-corrected chi connectivity index (χ0v) is 17.5. The number of carbonyl (C=O) groups is 1. The van der Waals surface area contributed by atoms with Gasteiger partial charge < -0.3 is 15.8 Å². The van der Waals surface area contributed by atoms with Crippen LogP contribution in [0, 0.1) is 5.92 Å². The van der Waals surface area contributed by atoms with E-state index in [9.17, 15) is 4.79 Å². The van der Waals surface area contributed by atoms with Gasteiger partial charge in [-0.2, -0.15) is 0 Å². The number of hydrogen-bond donors (Lipinski definition) is 2. The van der Waals surface area contributed by atoms with E-state index in [0.29, 0.717) is 5.92 Å². The zero-order valence-electron chi connectivity index (χ0n) is 16.7. The number of nitrogens with one attached hydrogen (secondary N) is 1. The molecule has 0 aliphatic rings. The molecule has 1 aromatic carbocycles. The van der Waals surface area contributed by atoms with Gasteiger partial charge in [-0.1, -0.05) is 26.0 Å². The molecule has 1 unspecified atom stereocenters. The third-order valence-electron chi connectivity index (χ3n) is 5.18. The Labute approximate surface area is 169 Å². The largest absolute Gasteiger partial charge is 0.488 e. The van der Waals surface area contributed by atoms with E-state index in [0.717, 1.165) is 26.4 Å². The number of ether oxygens (including phenoxy) is 1. The van der Waals surface area contributed by atoms with Crippen LogP contribution in [0.5, 0.6) is 5.75 Å². The Hall–Kier alpha value is -2.44. The van der Waals surface area contributed by atoms with Crippen molar-refractivity contribution in [3.63, 3.8) is 0 Å². The molecule has 0 saturated heterocycles. The topological polar surface area (TPSA) is 77.2 Å². The van der Waals surface area contributed by atoms with Crippen molar-refractivity contribution in [1.82, 2.24) is 4.98 Å². The molecule has 0 radical (unpaired) electrons. The van der Waals surface area contributed by atoms with E-state index >= 15 is 0 Å². The second kappa shape index (κ2) is 8.29. The summed E-state index contributed by atoms with van der Waals surface area (Å²) in [5.74, 6) is 0.635. The van der Waals surface area contributed by atoms with Crippen molar-refractivity contribution in [1.29, 1.82) is 0 Å². The van der Waals surface area contributed by atoms with Gasteiger partial charge in [0.05, 0.1) is 15.6 Å². The summed E-state index contributed by atoms with van der Waals surface area (Å²) in [6, 6.07) is 11.5. The number of nitrogens with zero attached hydrogens (tertiary/aromatic N) is 1. The van der Waals surface area contributed by atoms with E-state index in [1.54, 1.807) is 12.4 Å². The van der Waals surface area contributed by atoms with Crippen molar-refractivity contribution in [2.24, 2.45) is 11.7 Å². The molecule has 0 aliphatic heterocycles. The Morgan fingerprint density at radius 2 is 1.96 bits per heavy atom. The first kappa shape index (κ1) is 20.3. The smallest absolute Gasteiger partial charge is 0.233 e. The lowest BCUT2D eigenvalue weighted by molar-refractivity contribution is -0.117. The summed E-state index contributed by atoms with van der Waals surface area (Å²) in [5, 5.41) is 4.85. The molecule has 3 rings (SSSR count). The van der Waals surface area contributed by atoms with Crippen LogP contribution in [0.4, 0.5) is 5.00 Å². The predicted octanol–water partition coefficient (Wildman–Crippen LogP) is 4.79. The minimum atomic E-state index is -0.421. The maximum absolute atomic E-state index is 12.8. The summed E-state index contributed by atoms with van der Waals surface area (Å²) in [6.07, 6.45) is 3.54. The molecule has 0 fully saturated rings. The van der Waals surface area contributed by atoms with Gasteiger partial charge in [0.15, 0.2) is 0 Å². The monoisotopic (exact) mass is 397 g/mol. The summed E-state index contributed by atoms with van der Waals surface area (Å²) in [6.45, 7) is 8.64. The van der Waals surface area contributed by atoms with Crippen molar-refractivity contribution < 1.29 is 9.53 Å². The maximum Gasteiger partial charge on any atom is 0.233 e. The van der Waals surface area contributed by atoms with Crippen molar-refractivity contribution in [3.8, 4) is 5.75 Å². The first-order valence-corrected chi connectivity index (χ1v) is 10.3. The highest BCUT2D eigenvalue weighted by atomic mass is 32.1. The van der Waals surface area contributed by atoms with Crippen molar-refractivity contribution >= 4 is 32.3 Å². The first-order chi connectivity index (χ1) is 13.3. The molecule has 28 heavy (non-hydrogen) atoms. The number of fused-ring (bicyclic) bond motifs is 1. The summed E-state index contributed by atoms with van der Waals surface area (Å²) in [7, 11) is 0. The number of thiophene rings is 1. The van der Waals surface area contributed by atoms with Gasteiger partial charge >= 0.3 is 0 Å². The van der Waals surface area contributed by atoms with Gasteiger partial charge in [0.1, 0.15) is 11.4 Å². The normalized spacial score (nSPS) is 12.9. The van der Waals surface area contributed by atoms with Gasteiger partial charge in [-0.05, 0) is 55.0 Å². The van der Waals surface area contributed by atoms with E-state index in [-0.39, 0.29) is 18.1 Å². The lowest BCUT2D eigenvalue weighted by Crippen LogP contribution is -2.34. The Bertz CT molecular complexity index is 915. The molecular weight excluding hydrogens is 370 g/mol. The van der Waals surface area contributed by atoms with Crippen LogP contribution in [0.1, 0.15) is 39.2 Å². The standard InChI is InChI=1S/C22H27N3O2S/c1-14(2)22(3,4)27-17-7-5-15(6-8-17)18(12-23)21(26)25-20-11-16-9-10-24-13-19(16)28-20/h5-11,13-14,18H,12,23H2,1-4H3,(H,25,26). The number of pyridine rings is 1. The first-order valence-electron chi connectivity index (χ1n) is 9.43. The zero-order chi connectivity index (χ0) is 20.3. The van der Waals surface area contributed by atoms with E-state index in [4.69, 9.17) is 10.5 Å². The maximum atomic E-state index is 12.8. The van der Waals surface area contributed by atoms with Crippen LogP contribution in [0.3, 0.4) is 0 Å². The summed E-state index contributed by atoms with van der Waals surface area (Å²) in [5.41, 5.74) is 6.53. The highest BCUT2D eigenvalue weighted by Gasteiger charge is 2.25. The van der Waals surface area contributed by atoms with Crippen LogP contribution in [-0.2, 0) is 4.79 Å². The molecule has 0 saturated carbocycles. The second-order valence-corrected chi connectivity index (χ2v) is 8.81. The molecule has 148 valence electrons. The van der Waals surface area contributed by atoms with E-state index < -0.39 is 5.92 Å². The second-order valence-electron chi connectivity index (χ2n) is 7.73. The highest BCUT2D eigenvalue weighted by molar-refractivity contribution is 7.22.